The summed E-state index contributed by atoms with van der Waals surface area (Å²) in [4.78, 5) is 13.0. The molecule has 0 heterocycles. The van der Waals surface area contributed by atoms with Crippen LogP contribution in [0.2, 0.25) is 0 Å². The first kappa shape index (κ1) is 15.9. The van der Waals surface area contributed by atoms with Crippen LogP contribution >= 0.6 is 0 Å². The Morgan fingerprint density at radius 2 is 2.24 bits per heavy atom. The first-order valence-electron chi connectivity index (χ1n) is 7.79. The summed E-state index contributed by atoms with van der Waals surface area (Å²) in [5.74, 6) is 0. The molecule has 116 valence electrons. The van der Waals surface area contributed by atoms with E-state index >= 15 is 0 Å². The number of nitro benzene ring substituents is 1. The van der Waals surface area contributed by atoms with Crippen molar-refractivity contribution >= 4 is 5.69 Å². The zero-order valence-corrected chi connectivity index (χ0v) is 12.9. The van der Waals surface area contributed by atoms with Gasteiger partial charge in [-0.05, 0) is 31.9 Å². The predicted octanol–water partition coefficient (Wildman–Crippen LogP) is 3.12. The molecule has 0 amide bonds. The Balaban J connectivity index is 1.93. The van der Waals surface area contributed by atoms with Gasteiger partial charge in [0.15, 0.2) is 0 Å². The molecule has 1 aliphatic carbocycles. The lowest BCUT2D eigenvalue weighted by Gasteiger charge is -2.21. The van der Waals surface area contributed by atoms with E-state index in [0.717, 1.165) is 37.5 Å². The van der Waals surface area contributed by atoms with Crippen molar-refractivity contribution in [3.8, 4) is 0 Å². The molecule has 0 radical (unpaired) electrons. The summed E-state index contributed by atoms with van der Waals surface area (Å²) in [6.45, 7) is 4.09. The van der Waals surface area contributed by atoms with Crippen molar-refractivity contribution in [3.05, 3.63) is 39.9 Å². The SMILES string of the molecule is CCCC(NCCN(C)C1CC1)c1cccc([N+](=O)[O-])c1. The number of nitrogens with zero attached hydrogens (tertiary/aromatic N) is 2. The minimum atomic E-state index is -0.326. The van der Waals surface area contributed by atoms with Crippen molar-refractivity contribution in [2.45, 2.75) is 44.7 Å². The highest BCUT2D eigenvalue weighted by atomic mass is 16.6. The van der Waals surface area contributed by atoms with Crippen molar-refractivity contribution in [3.63, 3.8) is 0 Å². The molecule has 2 rings (SSSR count). The quantitative estimate of drug-likeness (QED) is 0.561. The van der Waals surface area contributed by atoms with Gasteiger partial charge in [0.25, 0.3) is 5.69 Å². The van der Waals surface area contributed by atoms with E-state index in [9.17, 15) is 10.1 Å². The molecule has 1 atom stereocenters. The fourth-order valence-electron chi connectivity index (χ4n) is 2.64. The van der Waals surface area contributed by atoms with E-state index in [0.29, 0.717) is 0 Å². The minimum absolute atomic E-state index is 0.172. The standard InChI is InChI=1S/C16H25N3O2/c1-3-5-16(17-10-11-18(2)14-8-9-14)13-6-4-7-15(12-13)19(20)21/h4,6-7,12,14,16-17H,3,5,8-11H2,1-2H3. The molecule has 1 fully saturated rings. The number of hydrogen-bond donors (Lipinski definition) is 1. The first-order chi connectivity index (χ1) is 10.1. The fraction of sp³-hybridized carbons (Fsp3) is 0.625. The topological polar surface area (TPSA) is 58.4 Å². The van der Waals surface area contributed by atoms with E-state index in [2.05, 4.69) is 24.2 Å². The zero-order chi connectivity index (χ0) is 15.2. The predicted molar refractivity (Wildman–Crippen MR) is 84.4 cm³/mol. The second-order valence-electron chi connectivity index (χ2n) is 5.86. The van der Waals surface area contributed by atoms with E-state index < -0.39 is 0 Å². The van der Waals surface area contributed by atoms with Crippen molar-refractivity contribution < 1.29 is 4.92 Å². The molecular formula is C16H25N3O2. The Bertz CT molecular complexity index is 474. The van der Waals surface area contributed by atoms with Crippen LogP contribution in [0.15, 0.2) is 24.3 Å². The average molecular weight is 291 g/mol. The smallest absolute Gasteiger partial charge is 0.269 e. The van der Waals surface area contributed by atoms with E-state index in [1.807, 2.05) is 6.07 Å². The highest BCUT2D eigenvalue weighted by molar-refractivity contribution is 5.35. The lowest BCUT2D eigenvalue weighted by atomic mass is 10.0. The van der Waals surface area contributed by atoms with Crippen LogP contribution in [0, 0.1) is 10.1 Å². The van der Waals surface area contributed by atoms with Gasteiger partial charge in [-0.15, -0.1) is 0 Å². The molecule has 0 saturated heterocycles. The molecule has 1 aromatic carbocycles. The van der Waals surface area contributed by atoms with Gasteiger partial charge in [0.2, 0.25) is 0 Å². The molecule has 0 aromatic heterocycles. The number of nitrogens with one attached hydrogen (secondary N) is 1. The summed E-state index contributed by atoms with van der Waals surface area (Å²) in [6.07, 6.45) is 4.69. The molecule has 5 heteroatoms. The van der Waals surface area contributed by atoms with Gasteiger partial charge in [0, 0.05) is 37.3 Å². The van der Waals surface area contributed by atoms with Gasteiger partial charge in [-0.25, -0.2) is 0 Å². The van der Waals surface area contributed by atoms with Crippen LogP contribution in [0.1, 0.15) is 44.2 Å². The van der Waals surface area contributed by atoms with Gasteiger partial charge in [-0.3, -0.25) is 10.1 Å². The monoisotopic (exact) mass is 291 g/mol. The van der Waals surface area contributed by atoms with Crippen molar-refractivity contribution in [2.24, 2.45) is 0 Å². The van der Waals surface area contributed by atoms with Crippen molar-refractivity contribution in [1.82, 2.24) is 10.2 Å². The fourth-order valence-corrected chi connectivity index (χ4v) is 2.64. The molecule has 1 aromatic rings. The second kappa shape index (κ2) is 7.52. The molecule has 0 bridgehead atoms. The summed E-state index contributed by atoms with van der Waals surface area (Å²) in [5, 5.41) is 14.4. The zero-order valence-electron chi connectivity index (χ0n) is 12.9. The Kier molecular flexibility index (Phi) is 5.70. The van der Waals surface area contributed by atoms with Crippen LogP contribution in [0.3, 0.4) is 0 Å². The molecule has 0 aliphatic heterocycles. The maximum absolute atomic E-state index is 10.9. The van der Waals surface area contributed by atoms with E-state index in [4.69, 9.17) is 0 Å². The van der Waals surface area contributed by atoms with Gasteiger partial charge in [0.1, 0.15) is 0 Å². The van der Waals surface area contributed by atoms with Crippen LogP contribution in [-0.4, -0.2) is 36.0 Å². The third-order valence-electron chi connectivity index (χ3n) is 4.09. The Morgan fingerprint density at radius 1 is 1.48 bits per heavy atom. The van der Waals surface area contributed by atoms with E-state index in [1.54, 1.807) is 18.2 Å². The number of rotatable bonds is 9. The second-order valence-corrected chi connectivity index (χ2v) is 5.86. The highest BCUT2D eigenvalue weighted by Crippen LogP contribution is 2.25. The molecule has 21 heavy (non-hydrogen) atoms. The van der Waals surface area contributed by atoms with Crippen molar-refractivity contribution in [2.75, 3.05) is 20.1 Å². The highest BCUT2D eigenvalue weighted by Gasteiger charge is 2.25. The largest absolute Gasteiger partial charge is 0.309 e. The van der Waals surface area contributed by atoms with Crippen LogP contribution in [0.25, 0.3) is 0 Å². The third-order valence-corrected chi connectivity index (χ3v) is 4.09. The number of non-ortho nitro benzene ring substituents is 1. The summed E-state index contributed by atoms with van der Waals surface area (Å²) >= 11 is 0. The Labute approximate surface area is 126 Å². The molecule has 5 nitrogen and oxygen atoms in total. The summed E-state index contributed by atoms with van der Waals surface area (Å²) in [5.41, 5.74) is 1.19. The van der Waals surface area contributed by atoms with Gasteiger partial charge >= 0.3 is 0 Å². The number of likely N-dealkylation sites (N-methyl/N-ethyl adjacent to an activating group) is 1. The number of hydrogen-bond acceptors (Lipinski definition) is 4. The van der Waals surface area contributed by atoms with E-state index in [1.165, 1.54) is 12.8 Å². The van der Waals surface area contributed by atoms with Crippen LogP contribution in [-0.2, 0) is 0 Å². The molecule has 1 saturated carbocycles. The molecular weight excluding hydrogens is 266 g/mol. The first-order valence-corrected chi connectivity index (χ1v) is 7.79. The number of benzene rings is 1. The Hall–Kier alpha value is -1.46. The van der Waals surface area contributed by atoms with Gasteiger partial charge in [0.05, 0.1) is 4.92 Å². The molecule has 1 unspecified atom stereocenters. The summed E-state index contributed by atoms with van der Waals surface area (Å²) in [7, 11) is 2.17. The van der Waals surface area contributed by atoms with Crippen LogP contribution in [0.4, 0.5) is 5.69 Å². The van der Waals surface area contributed by atoms with Gasteiger partial charge in [-0.2, -0.15) is 0 Å². The third kappa shape index (κ3) is 4.79. The van der Waals surface area contributed by atoms with Crippen molar-refractivity contribution in [1.29, 1.82) is 0 Å². The molecule has 0 spiro atoms. The lowest BCUT2D eigenvalue weighted by Crippen LogP contribution is -2.32. The Morgan fingerprint density at radius 3 is 2.86 bits per heavy atom. The normalized spacial score (nSPS) is 16.1. The molecule has 1 N–H and O–H groups in total. The maximum atomic E-state index is 10.9. The lowest BCUT2D eigenvalue weighted by molar-refractivity contribution is -0.384. The minimum Gasteiger partial charge on any atom is -0.309 e. The van der Waals surface area contributed by atoms with Crippen LogP contribution in [0.5, 0.6) is 0 Å². The number of nitro groups is 1. The average Bonchev–Trinajstić information content (AvgIpc) is 3.31. The summed E-state index contributed by atoms with van der Waals surface area (Å²) < 4.78 is 0. The van der Waals surface area contributed by atoms with Gasteiger partial charge < -0.3 is 10.2 Å². The maximum Gasteiger partial charge on any atom is 0.269 e. The van der Waals surface area contributed by atoms with Gasteiger partial charge in [-0.1, -0.05) is 25.5 Å². The summed E-state index contributed by atoms with van der Waals surface area (Å²) in [6, 6.07) is 7.96. The van der Waals surface area contributed by atoms with E-state index in [-0.39, 0.29) is 16.7 Å². The molecule has 1 aliphatic rings. The van der Waals surface area contributed by atoms with Crippen LogP contribution < -0.4 is 5.32 Å².